The van der Waals surface area contributed by atoms with Crippen molar-refractivity contribution >= 4 is 55.0 Å². The van der Waals surface area contributed by atoms with Crippen molar-refractivity contribution in [2.24, 2.45) is 0 Å². The summed E-state index contributed by atoms with van der Waals surface area (Å²) in [5, 5.41) is 7.25. The van der Waals surface area contributed by atoms with Crippen molar-refractivity contribution in [3.8, 4) is 0 Å². The van der Waals surface area contributed by atoms with Crippen LogP contribution in [0.15, 0.2) is 39.3 Å². The van der Waals surface area contributed by atoms with Crippen LogP contribution >= 0.6 is 31.9 Å². The van der Waals surface area contributed by atoms with E-state index in [1.165, 1.54) is 0 Å². The Labute approximate surface area is 163 Å². The number of hydrogen-bond donors (Lipinski definition) is 3. The van der Waals surface area contributed by atoms with E-state index in [9.17, 15) is 22.8 Å². The second-order valence-electron chi connectivity index (χ2n) is 5.03. The Morgan fingerprint density at radius 3 is 2.27 bits per heavy atom. The first kappa shape index (κ1) is 20.2. The van der Waals surface area contributed by atoms with Crippen LogP contribution in [0.2, 0.25) is 0 Å². The zero-order chi connectivity index (χ0) is 19.3. The Balaban J connectivity index is 1.82. The number of halogens is 5. The highest BCUT2D eigenvalue weighted by molar-refractivity contribution is 9.11. The molecule has 0 aromatic heterocycles. The molecule has 2 aromatic carbocycles. The van der Waals surface area contributed by atoms with Crippen LogP contribution in [-0.2, 0) is 9.59 Å². The zero-order valence-electron chi connectivity index (χ0n) is 13.0. The summed E-state index contributed by atoms with van der Waals surface area (Å²) in [6.45, 7) is -0.562. The van der Waals surface area contributed by atoms with Gasteiger partial charge in [0.2, 0.25) is 11.8 Å². The van der Waals surface area contributed by atoms with Crippen molar-refractivity contribution in [3.05, 3.63) is 56.7 Å². The van der Waals surface area contributed by atoms with Gasteiger partial charge >= 0.3 is 0 Å². The molecule has 138 valence electrons. The Morgan fingerprint density at radius 1 is 0.885 bits per heavy atom. The minimum Gasteiger partial charge on any atom is -0.375 e. The van der Waals surface area contributed by atoms with Crippen molar-refractivity contribution in [2.75, 3.05) is 23.7 Å². The fourth-order valence-corrected chi connectivity index (χ4v) is 3.05. The minimum absolute atomic E-state index is 0.104. The highest BCUT2D eigenvalue weighted by Crippen LogP contribution is 2.25. The van der Waals surface area contributed by atoms with Crippen molar-refractivity contribution < 1.29 is 22.8 Å². The zero-order valence-corrected chi connectivity index (χ0v) is 16.2. The van der Waals surface area contributed by atoms with E-state index >= 15 is 0 Å². The fourth-order valence-electron chi connectivity index (χ4n) is 1.87. The van der Waals surface area contributed by atoms with E-state index in [0.29, 0.717) is 11.8 Å². The van der Waals surface area contributed by atoms with Gasteiger partial charge in [0.05, 0.1) is 18.8 Å². The van der Waals surface area contributed by atoms with Gasteiger partial charge in [0.25, 0.3) is 0 Å². The van der Waals surface area contributed by atoms with Crippen molar-refractivity contribution in [1.29, 1.82) is 0 Å². The number of nitrogens with one attached hydrogen (secondary N) is 3. The summed E-state index contributed by atoms with van der Waals surface area (Å²) in [6.07, 6.45) is 0. The average Bonchev–Trinajstić information content (AvgIpc) is 2.59. The first-order valence-electron chi connectivity index (χ1n) is 7.17. The molecule has 0 spiro atoms. The number of benzene rings is 2. The molecule has 0 saturated carbocycles. The van der Waals surface area contributed by atoms with Gasteiger partial charge < -0.3 is 16.0 Å². The molecule has 2 rings (SSSR count). The van der Waals surface area contributed by atoms with Gasteiger partial charge in [-0.2, -0.15) is 0 Å². The van der Waals surface area contributed by atoms with Crippen molar-refractivity contribution in [1.82, 2.24) is 5.32 Å². The summed E-state index contributed by atoms with van der Waals surface area (Å²) in [5.74, 6) is -5.82. The summed E-state index contributed by atoms with van der Waals surface area (Å²) < 4.78 is 41.0. The Bertz CT molecular complexity index is 850. The molecule has 0 saturated heterocycles. The summed E-state index contributed by atoms with van der Waals surface area (Å²) in [5.41, 5.74) is 0.164. The Morgan fingerprint density at radius 2 is 1.58 bits per heavy atom. The molecule has 5 nitrogen and oxygen atoms in total. The number of amides is 2. The molecule has 26 heavy (non-hydrogen) atoms. The standard InChI is InChI=1S/C16H12Br2F3N3O2/c17-8-1-3-11(9(18)5-8)22-6-13(25)23-7-14(26)24-12-4-2-10(19)15(20)16(12)21/h1-5,22H,6-7H2,(H,23,25)(H,24,26). The topological polar surface area (TPSA) is 70.2 Å². The normalized spacial score (nSPS) is 10.3. The summed E-state index contributed by atoms with van der Waals surface area (Å²) in [6, 6.07) is 6.91. The number of rotatable bonds is 6. The van der Waals surface area contributed by atoms with E-state index in [2.05, 4.69) is 47.8 Å². The van der Waals surface area contributed by atoms with E-state index in [-0.39, 0.29) is 6.54 Å². The van der Waals surface area contributed by atoms with Crippen LogP contribution in [0.4, 0.5) is 24.5 Å². The summed E-state index contributed by atoms with van der Waals surface area (Å²) >= 11 is 6.64. The van der Waals surface area contributed by atoms with Gasteiger partial charge in [-0.05, 0) is 46.3 Å². The van der Waals surface area contributed by atoms with E-state index in [0.717, 1.165) is 15.0 Å². The van der Waals surface area contributed by atoms with Crippen LogP contribution in [0.1, 0.15) is 0 Å². The lowest BCUT2D eigenvalue weighted by Crippen LogP contribution is -2.36. The van der Waals surface area contributed by atoms with Gasteiger partial charge in [-0.25, -0.2) is 13.2 Å². The average molecular weight is 495 g/mol. The Kier molecular flexibility index (Phi) is 7.04. The molecule has 0 fully saturated rings. The summed E-state index contributed by atoms with van der Waals surface area (Å²) in [4.78, 5) is 23.4. The fraction of sp³-hybridized carbons (Fsp3) is 0.125. The molecule has 0 aliphatic heterocycles. The summed E-state index contributed by atoms with van der Waals surface area (Å²) in [7, 11) is 0. The van der Waals surface area contributed by atoms with Crippen LogP contribution < -0.4 is 16.0 Å². The molecular formula is C16H12Br2F3N3O2. The maximum atomic E-state index is 13.5. The molecule has 0 aliphatic rings. The van der Waals surface area contributed by atoms with E-state index in [1.807, 2.05) is 0 Å². The molecule has 2 amide bonds. The van der Waals surface area contributed by atoms with Gasteiger partial charge in [0.1, 0.15) is 0 Å². The number of hydrogen-bond acceptors (Lipinski definition) is 3. The number of carbonyl (C=O) groups excluding carboxylic acids is 2. The lowest BCUT2D eigenvalue weighted by molar-refractivity contribution is -0.122. The minimum atomic E-state index is -1.68. The van der Waals surface area contributed by atoms with E-state index < -0.39 is 41.5 Å². The third kappa shape index (κ3) is 5.46. The van der Waals surface area contributed by atoms with Gasteiger partial charge in [-0.1, -0.05) is 15.9 Å². The largest absolute Gasteiger partial charge is 0.375 e. The molecule has 0 bridgehead atoms. The third-order valence-corrected chi connectivity index (χ3v) is 4.28. The molecule has 0 unspecified atom stereocenters. The third-order valence-electron chi connectivity index (χ3n) is 3.13. The van der Waals surface area contributed by atoms with E-state index in [4.69, 9.17) is 0 Å². The van der Waals surface area contributed by atoms with Gasteiger partial charge in [0.15, 0.2) is 17.5 Å². The van der Waals surface area contributed by atoms with Gasteiger partial charge in [-0.15, -0.1) is 0 Å². The Hall–Kier alpha value is -2.07. The predicted molar refractivity (Wildman–Crippen MR) is 98.3 cm³/mol. The molecule has 0 aliphatic carbocycles. The van der Waals surface area contributed by atoms with E-state index in [1.54, 1.807) is 18.2 Å². The van der Waals surface area contributed by atoms with Crippen LogP contribution in [0.25, 0.3) is 0 Å². The predicted octanol–water partition coefficient (Wildman–Crippen LogP) is 3.80. The molecule has 2 aromatic rings. The molecule has 0 atom stereocenters. The van der Waals surface area contributed by atoms with Crippen molar-refractivity contribution in [3.63, 3.8) is 0 Å². The van der Waals surface area contributed by atoms with Crippen LogP contribution in [0.3, 0.4) is 0 Å². The first-order chi connectivity index (χ1) is 12.3. The molecule has 0 radical (unpaired) electrons. The number of anilines is 2. The molecular weight excluding hydrogens is 483 g/mol. The second kappa shape index (κ2) is 9.04. The van der Waals surface area contributed by atoms with Crippen LogP contribution in [-0.4, -0.2) is 24.9 Å². The van der Waals surface area contributed by atoms with Gasteiger partial charge in [-0.3, -0.25) is 9.59 Å². The van der Waals surface area contributed by atoms with Crippen LogP contribution in [0, 0.1) is 17.5 Å². The maximum Gasteiger partial charge on any atom is 0.243 e. The smallest absolute Gasteiger partial charge is 0.243 e. The quantitative estimate of drug-likeness (QED) is 0.535. The monoisotopic (exact) mass is 493 g/mol. The van der Waals surface area contributed by atoms with Crippen molar-refractivity contribution in [2.45, 2.75) is 0 Å². The molecule has 10 heteroatoms. The van der Waals surface area contributed by atoms with Gasteiger partial charge in [0, 0.05) is 14.6 Å². The second-order valence-corrected chi connectivity index (χ2v) is 6.80. The highest BCUT2D eigenvalue weighted by Gasteiger charge is 2.15. The lowest BCUT2D eigenvalue weighted by Gasteiger charge is -2.10. The maximum absolute atomic E-state index is 13.5. The van der Waals surface area contributed by atoms with Crippen LogP contribution in [0.5, 0.6) is 0 Å². The number of carbonyl (C=O) groups is 2. The lowest BCUT2D eigenvalue weighted by atomic mass is 10.2. The molecule has 0 heterocycles. The SMILES string of the molecule is O=C(CNc1ccc(Br)cc1Br)NCC(=O)Nc1ccc(F)c(F)c1F. The highest BCUT2D eigenvalue weighted by atomic mass is 79.9. The first-order valence-corrected chi connectivity index (χ1v) is 8.75. The molecule has 3 N–H and O–H groups in total.